The Morgan fingerprint density at radius 1 is 1.30 bits per heavy atom. The zero-order chi connectivity index (χ0) is 16.0. The standard InChI is InChI=1S/C19H21N3O/c1-12-9-16(10-14-6-8-20-18(12)14)22-17(13(2)23-3)11-15-5-4-7-21-19(15)22/h4-5,7,9-11,13,20H,6,8H2,1-3H3/t13-/m1/s1. The van der Waals surface area contributed by atoms with Crippen LogP contribution < -0.4 is 5.32 Å². The summed E-state index contributed by atoms with van der Waals surface area (Å²) in [5, 5.41) is 4.62. The first-order valence-electron chi connectivity index (χ1n) is 8.06. The number of fused-ring (bicyclic) bond motifs is 2. The summed E-state index contributed by atoms with van der Waals surface area (Å²) >= 11 is 0. The fourth-order valence-electron chi connectivity index (χ4n) is 3.49. The van der Waals surface area contributed by atoms with E-state index in [0.29, 0.717) is 0 Å². The number of aryl methyl sites for hydroxylation is 1. The Hall–Kier alpha value is -2.33. The van der Waals surface area contributed by atoms with Crippen molar-refractivity contribution in [3.8, 4) is 5.69 Å². The van der Waals surface area contributed by atoms with Crippen molar-refractivity contribution in [3.05, 3.63) is 53.3 Å². The van der Waals surface area contributed by atoms with E-state index in [9.17, 15) is 0 Å². The van der Waals surface area contributed by atoms with Crippen molar-refractivity contribution in [2.45, 2.75) is 26.4 Å². The van der Waals surface area contributed by atoms with Crippen molar-refractivity contribution < 1.29 is 4.74 Å². The van der Waals surface area contributed by atoms with Crippen LogP contribution in [0.5, 0.6) is 0 Å². The highest BCUT2D eigenvalue weighted by molar-refractivity contribution is 5.80. The number of aromatic nitrogens is 2. The van der Waals surface area contributed by atoms with Crippen LogP contribution in [0.4, 0.5) is 5.69 Å². The molecule has 0 fully saturated rings. The third-order valence-electron chi connectivity index (χ3n) is 4.72. The van der Waals surface area contributed by atoms with Crippen LogP contribution in [0, 0.1) is 6.92 Å². The maximum absolute atomic E-state index is 5.59. The number of hydrogen-bond acceptors (Lipinski definition) is 3. The minimum absolute atomic E-state index is 0.0101. The van der Waals surface area contributed by atoms with Gasteiger partial charge in [0.05, 0.1) is 11.8 Å². The number of anilines is 1. The molecule has 2 aromatic heterocycles. The molecule has 118 valence electrons. The second-order valence-corrected chi connectivity index (χ2v) is 6.17. The molecule has 0 amide bonds. The summed E-state index contributed by atoms with van der Waals surface area (Å²) in [6.45, 7) is 5.26. The molecule has 0 unspecified atom stereocenters. The average Bonchev–Trinajstić information content (AvgIpc) is 3.18. The van der Waals surface area contributed by atoms with Crippen molar-refractivity contribution in [2.24, 2.45) is 0 Å². The Morgan fingerprint density at radius 3 is 3.00 bits per heavy atom. The fraction of sp³-hybridized carbons (Fsp3) is 0.316. The zero-order valence-corrected chi connectivity index (χ0v) is 13.8. The second kappa shape index (κ2) is 5.39. The van der Waals surface area contributed by atoms with E-state index in [2.05, 4.69) is 53.0 Å². The zero-order valence-electron chi connectivity index (χ0n) is 13.8. The first-order chi connectivity index (χ1) is 11.2. The third kappa shape index (κ3) is 2.21. The molecule has 1 N–H and O–H groups in total. The number of benzene rings is 1. The number of nitrogens with zero attached hydrogens (tertiary/aromatic N) is 2. The van der Waals surface area contributed by atoms with Crippen LogP contribution >= 0.6 is 0 Å². The van der Waals surface area contributed by atoms with Gasteiger partial charge in [0.25, 0.3) is 0 Å². The maximum Gasteiger partial charge on any atom is 0.144 e. The highest BCUT2D eigenvalue weighted by Crippen LogP contribution is 2.33. The lowest BCUT2D eigenvalue weighted by Gasteiger charge is -2.17. The van der Waals surface area contributed by atoms with Gasteiger partial charge in [-0.2, -0.15) is 0 Å². The van der Waals surface area contributed by atoms with Gasteiger partial charge in [-0.25, -0.2) is 4.98 Å². The molecule has 0 saturated heterocycles. The monoisotopic (exact) mass is 307 g/mol. The van der Waals surface area contributed by atoms with Gasteiger partial charge in [0.2, 0.25) is 0 Å². The Kier molecular flexibility index (Phi) is 3.34. The molecule has 23 heavy (non-hydrogen) atoms. The molecule has 0 spiro atoms. The lowest BCUT2D eigenvalue weighted by atomic mass is 10.1. The molecular formula is C19H21N3O. The van der Waals surface area contributed by atoms with E-state index >= 15 is 0 Å². The van der Waals surface area contributed by atoms with Gasteiger partial charge in [-0.3, -0.25) is 4.57 Å². The van der Waals surface area contributed by atoms with Gasteiger partial charge < -0.3 is 10.1 Å². The summed E-state index contributed by atoms with van der Waals surface area (Å²) in [6.07, 6.45) is 2.93. The molecule has 4 heteroatoms. The summed E-state index contributed by atoms with van der Waals surface area (Å²) in [5.41, 5.74) is 7.23. The van der Waals surface area contributed by atoms with E-state index in [1.54, 1.807) is 7.11 Å². The predicted molar refractivity (Wildman–Crippen MR) is 93.4 cm³/mol. The largest absolute Gasteiger partial charge is 0.384 e. The highest BCUT2D eigenvalue weighted by Gasteiger charge is 2.19. The van der Waals surface area contributed by atoms with E-state index in [0.717, 1.165) is 35.4 Å². The maximum atomic E-state index is 5.59. The quantitative estimate of drug-likeness (QED) is 0.794. The average molecular weight is 307 g/mol. The van der Waals surface area contributed by atoms with Crippen LogP contribution in [0.2, 0.25) is 0 Å². The molecule has 3 aromatic rings. The van der Waals surface area contributed by atoms with Gasteiger partial charge in [0.15, 0.2) is 0 Å². The van der Waals surface area contributed by atoms with Crippen LogP contribution in [0.1, 0.15) is 29.8 Å². The van der Waals surface area contributed by atoms with E-state index in [4.69, 9.17) is 4.74 Å². The summed E-state index contributed by atoms with van der Waals surface area (Å²) in [5.74, 6) is 0. The molecular weight excluding hydrogens is 286 g/mol. The van der Waals surface area contributed by atoms with Crippen LogP contribution in [-0.4, -0.2) is 23.2 Å². The highest BCUT2D eigenvalue weighted by atomic mass is 16.5. The van der Waals surface area contributed by atoms with Crippen molar-refractivity contribution in [2.75, 3.05) is 19.0 Å². The number of methoxy groups -OCH3 is 1. The van der Waals surface area contributed by atoms with E-state index < -0.39 is 0 Å². The van der Waals surface area contributed by atoms with Crippen molar-refractivity contribution in [1.82, 2.24) is 9.55 Å². The summed E-state index contributed by atoms with van der Waals surface area (Å²) in [7, 11) is 1.75. The first-order valence-corrected chi connectivity index (χ1v) is 8.06. The Labute approximate surface area is 136 Å². The van der Waals surface area contributed by atoms with E-state index in [-0.39, 0.29) is 6.10 Å². The molecule has 0 bridgehead atoms. The van der Waals surface area contributed by atoms with Gasteiger partial charge in [-0.1, -0.05) is 0 Å². The van der Waals surface area contributed by atoms with Crippen LogP contribution in [0.15, 0.2) is 36.5 Å². The Bertz CT molecular complexity index is 882. The molecule has 0 saturated carbocycles. The van der Waals surface area contributed by atoms with Crippen LogP contribution in [0.3, 0.4) is 0 Å². The van der Waals surface area contributed by atoms with Gasteiger partial charge in [0, 0.05) is 36.6 Å². The minimum Gasteiger partial charge on any atom is -0.384 e. The number of hydrogen-bond donors (Lipinski definition) is 1. The SMILES string of the molecule is CO[C@H](C)c1cc2cccnc2n1-c1cc(C)c2c(c1)CCN2. The fourth-order valence-corrected chi connectivity index (χ4v) is 3.49. The molecule has 4 rings (SSSR count). The van der Waals surface area contributed by atoms with Gasteiger partial charge >= 0.3 is 0 Å². The lowest BCUT2D eigenvalue weighted by Crippen LogP contribution is -2.06. The van der Waals surface area contributed by atoms with Crippen LogP contribution in [0.25, 0.3) is 16.7 Å². The van der Waals surface area contributed by atoms with Crippen molar-refractivity contribution >= 4 is 16.7 Å². The van der Waals surface area contributed by atoms with Gasteiger partial charge in [0.1, 0.15) is 5.65 Å². The summed E-state index contributed by atoms with van der Waals surface area (Å²) in [6, 6.07) is 10.8. The summed E-state index contributed by atoms with van der Waals surface area (Å²) < 4.78 is 7.82. The third-order valence-corrected chi connectivity index (χ3v) is 4.72. The molecule has 0 radical (unpaired) electrons. The molecule has 1 aliphatic heterocycles. The molecule has 4 nitrogen and oxygen atoms in total. The predicted octanol–water partition coefficient (Wildman–Crippen LogP) is 4.01. The van der Waals surface area contributed by atoms with Gasteiger partial charge in [-0.15, -0.1) is 0 Å². The normalized spacial score (nSPS) is 14.7. The Morgan fingerprint density at radius 2 is 2.17 bits per heavy atom. The molecule has 1 aliphatic rings. The first kappa shape index (κ1) is 14.3. The number of ether oxygens (including phenoxy) is 1. The topological polar surface area (TPSA) is 39.1 Å². The molecule has 1 atom stereocenters. The smallest absolute Gasteiger partial charge is 0.144 e. The van der Waals surface area contributed by atoms with Crippen LogP contribution in [-0.2, 0) is 11.2 Å². The van der Waals surface area contributed by atoms with Crippen molar-refractivity contribution in [3.63, 3.8) is 0 Å². The Balaban J connectivity index is 1.99. The second-order valence-electron chi connectivity index (χ2n) is 6.17. The molecule has 0 aliphatic carbocycles. The van der Waals surface area contributed by atoms with E-state index in [1.807, 2.05) is 12.3 Å². The minimum atomic E-state index is 0.0101. The number of nitrogens with one attached hydrogen (secondary N) is 1. The lowest BCUT2D eigenvalue weighted by molar-refractivity contribution is 0.115. The number of rotatable bonds is 3. The van der Waals surface area contributed by atoms with E-state index in [1.165, 1.54) is 16.8 Å². The number of pyridine rings is 1. The molecule has 3 heterocycles. The summed E-state index contributed by atoms with van der Waals surface area (Å²) in [4.78, 5) is 4.61. The van der Waals surface area contributed by atoms with Gasteiger partial charge in [-0.05, 0) is 61.7 Å². The molecule has 1 aromatic carbocycles. The van der Waals surface area contributed by atoms with Crippen molar-refractivity contribution in [1.29, 1.82) is 0 Å².